The maximum Gasteiger partial charge on any atom is 0.306 e. The topological polar surface area (TPSA) is 66.8 Å². The van der Waals surface area contributed by atoms with E-state index in [1.54, 1.807) is 38.1 Å². The third-order valence-electron chi connectivity index (χ3n) is 3.38. The molecule has 104 valence electrons. The van der Waals surface area contributed by atoms with E-state index >= 15 is 0 Å². The van der Waals surface area contributed by atoms with E-state index in [4.69, 9.17) is 33.0 Å². The molecule has 2 N–H and O–H groups in total. The van der Waals surface area contributed by atoms with Gasteiger partial charge in [0.15, 0.2) is 4.33 Å². The van der Waals surface area contributed by atoms with E-state index in [0.29, 0.717) is 5.75 Å². The monoisotopic (exact) mass is 304 g/mol. The first-order valence-corrected chi connectivity index (χ1v) is 6.48. The fourth-order valence-electron chi connectivity index (χ4n) is 2.33. The summed E-state index contributed by atoms with van der Waals surface area (Å²) in [5.74, 6) is -0.811. The van der Waals surface area contributed by atoms with Gasteiger partial charge in [-0.2, -0.15) is 0 Å². The fraction of sp³-hybridized carbons (Fsp3) is 0.462. The Bertz CT molecular complexity index is 527. The van der Waals surface area contributed by atoms with Crippen molar-refractivity contribution >= 4 is 29.2 Å². The number of para-hydroxylation sites is 1. The zero-order chi connectivity index (χ0) is 14.5. The minimum absolute atomic E-state index is 0.279. The smallest absolute Gasteiger partial charge is 0.306 e. The second kappa shape index (κ2) is 4.27. The quantitative estimate of drug-likeness (QED) is 0.824. The van der Waals surface area contributed by atoms with E-state index in [9.17, 15) is 9.90 Å². The van der Waals surface area contributed by atoms with Gasteiger partial charge >= 0.3 is 5.97 Å². The number of fused-ring (bicyclic) bond motifs is 1. The molecule has 0 bridgehead atoms. The number of halogens is 2. The summed E-state index contributed by atoms with van der Waals surface area (Å²) in [7, 11) is 0. The van der Waals surface area contributed by atoms with E-state index in [1.807, 2.05) is 0 Å². The van der Waals surface area contributed by atoms with Crippen molar-refractivity contribution < 1.29 is 19.7 Å². The first kappa shape index (κ1) is 14.4. The number of carboxylic acids is 1. The van der Waals surface area contributed by atoms with E-state index in [2.05, 4.69) is 0 Å². The summed E-state index contributed by atoms with van der Waals surface area (Å²) in [5, 5.41) is 19.9. The van der Waals surface area contributed by atoms with E-state index in [1.165, 1.54) is 0 Å². The molecule has 6 heteroatoms. The summed E-state index contributed by atoms with van der Waals surface area (Å²) in [4.78, 5) is 11.1. The van der Waals surface area contributed by atoms with Crippen LogP contribution < -0.4 is 4.74 Å². The summed E-state index contributed by atoms with van der Waals surface area (Å²) in [6, 6.07) is 6.60. The Hall–Kier alpha value is -0.970. The molecule has 4 nitrogen and oxygen atoms in total. The van der Waals surface area contributed by atoms with Gasteiger partial charge in [-0.3, -0.25) is 4.79 Å². The van der Waals surface area contributed by atoms with Crippen molar-refractivity contribution in [1.29, 1.82) is 0 Å². The molecule has 0 saturated heterocycles. The normalized spacial score (nSPS) is 27.2. The van der Waals surface area contributed by atoms with Crippen molar-refractivity contribution in [3.05, 3.63) is 29.8 Å². The minimum Gasteiger partial charge on any atom is -0.484 e. The minimum atomic E-state index is -1.93. The average molecular weight is 305 g/mol. The summed E-state index contributed by atoms with van der Waals surface area (Å²) >= 11 is 12.5. The highest BCUT2D eigenvalue weighted by molar-refractivity contribution is 6.50. The highest BCUT2D eigenvalue weighted by Crippen LogP contribution is 2.57. The SMILES string of the molecule is CC1(C)Oc2ccccc2C(O)(CC(=O)O)C1(Cl)Cl. The number of hydrogen-bond acceptors (Lipinski definition) is 3. The fourth-order valence-corrected chi connectivity index (χ4v) is 2.74. The summed E-state index contributed by atoms with van der Waals surface area (Å²) in [6.45, 7) is 3.21. The first-order chi connectivity index (χ1) is 8.62. The van der Waals surface area contributed by atoms with Gasteiger partial charge in [0.2, 0.25) is 0 Å². The molecule has 1 aromatic rings. The van der Waals surface area contributed by atoms with Crippen LogP contribution >= 0.6 is 23.2 Å². The van der Waals surface area contributed by atoms with Crippen molar-refractivity contribution in [2.24, 2.45) is 0 Å². The van der Waals surface area contributed by atoms with Crippen LogP contribution in [0.3, 0.4) is 0 Å². The predicted octanol–water partition coefficient (Wildman–Crippen LogP) is 2.69. The van der Waals surface area contributed by atoms with Crippen LogP contribution in [-0.2, 0) is 10.4 Å². The molecule has 0 aromatic heterocycles. The second-order valence-corrected chi connectivity index (χ2v) is 6.44. The molecule has 0 radical (unpaired) electrons. The predicted molar refractivity (Wildman–Crippen MR) is 71.7 cm³/mol. The summed E-state index contributed by atoms with van der Waals surface area (Å²) < 4.78 is 3.90. The Kier molecular flexibility index (Phi) is 3.24. The molecule has 0 spiro atoms. The van der Waals surface area contributed by atoms with Crippen LogP contribution in [0.15, 0.2) is 24.3 Å². The Balaban J connectivity index is 2.69. The molecule has 1 aromatic carbocycles. The van der Waals surface area contributed by atoms with Crippen LogP contribution in [0.4, 0.5) is 0 Å². The average Bonchev–Trinajstić information content (AvgIpc) is 2.26. The number of carboxylic acid groups (broad SMARTS) is 1. The van der Waals surface area contributed by atoms with Crippen molar-refractivity contribution in [3.8, 4) is 5.75 Å². The maximum atomic E-state index is 11.1. The molecule has 2 rings (SSSR count). The van der Waals surface area contributed by atoms with Crippen LogP contribution in [0.1, 0.15) is 25.8 Å². The van der Waals surface area contributed by atoms with Gasteiger partial charge in [0.1, 0.15) is 17.0 Å². The number of benzene rings is 1. The van der Waals surface area contributed by atoms with Gasteiger partial charge in [-0.25, -0.2) is 0 Å². The number of ether oxygens (including phenoxy) is 1. The third kappa shape index (κ3) is 1.98. The van der Waals surface area contributed by atoms with Gasteiger partial charge in [-0.15, -0.1) is 0 Å². The number of hydrogen-bond donors (Lipinski definition) is 2. The van der Waals surface area contributed by atoms with E-state index in [-0.39, 0.29) is 5.56 Å². The van der Waals surface area contributed by atoms with Gasteiger partial charge < -0.3 is 14.9 Å². The largest absolute Gasteiger partial charge is 0.484 e. The molecule has 19 heavy (non-hydrogen) atoms. The van der Waals surface area contributed by atoms with Crippen molar-refractivity contribution in [1.82, 2.24) is 0 Å². The van der Waals surface area contributed by atoms with Crippen LogP contribution in [0.2, 0.25) is 0 Å². The molecular weight excluding hydrogens is 291 g/mol. The summed E-state index contributed by atoms with van der Waals surface area (Å²) in [5.41, 5.74) is -2.80. The zero-order valence-corrected chi connectivity index (χ0v) is 12.0. The lowest BCUT2D eigenvalue weighted by molar-refractivity contribution is -0.148. The number of aliphatic hydroxyl groups is 1. The molecule has 0 aliphatic carbocycles. The number of rotatable bonds is 2. The van der Waals surface area contributed by atoms with Crippen LogP contribution in [-0.4, -0.2) is 26.1 Å². The van der Waals surface area contributed by atoms with Gasteiger partial charge in [0, 0.05) is 5.56 Å². The van der Waals surface area contributed by atoms with E-state index in [0.717, 1.165) is 0 Å². The Labute approximate surface area is 120 Å². The third-order valence-corrected chi connectivity index (χ3v) is 4.92. The van der Waals surface area contributed by atoms with Gasteiger partial charge in [-0.1, -0.05) is 41.4 Å². The lowest BCUT2D eigenvalue weighted by atomic mass is 9.77. The lowest BCUT2D eigenvalue weighted by Crippen LogP contribution is -2.62. The van der Waals surface area contributed by atoms with E-state index < -0.39 is 27.9 Å². The Morgan fingerprint density at radius 1 is 1.32 bits per heavy atom. The van der Waals surface area contributed by atoms with Gasteiger partial charge in [0.25, 0.3) is 0 Å². The zero-order valence-electron chi connectivity index (χ0n) is 10.5. The molecule has 1 aliphatic rings. The molecule has 1 aliphatic heterocycles. The van der Waals surface area contributed by atoms with Gasteiger partial charge in [-0.05, 0) is 19.9 Å². The number of aliphatic carboxylic acids is 1. The highest BCUT2D eigenvalue weighted by atomic mass is 35.5. The second-order valence-electron chi connectivity index (χ2n) is 5.11. The molecule has 0 fully saturated rings. The van der Waals surface area contributed by atoms with Crippen molar-refractivity contribution in [2.45, 2.75) is 35.8 Å². The van der Waals surface area contributed by atoms with Crippen molar-refractivity contribution in [2.75, 3.05) is 0 Å². The van der Waals surface area contributed by atoms with Crippen LogP contribution in [0.25, 0.3) is 0 Å². The molecule has 0 saturated carbocycles. The molecule has 1 heterocycles. The Morgan fingerprint density at radius 2 is 1.89 bits per heavy atom. The lowest BCUT2D eigenvalue weighted by Gasteiger charge is -2.51. The molecular formula is C13H14Cl2O4. The standard InChI is InChI=1S/C13H14Cl2O4/c1-11(2)13(14,15)12(18,7-10(16)17)8-5-3-4-6-9(8)19-11/h3-6,18H,7H2,1-2H3,(H,16,17). The van der Waals surface area contributed by atoms with Gasteiger partial charge in [0.05, 0.1) is 6.42 Å². The maximum absolute atomic E-state index is 11.1. The number of alkyl halides is 2. The van der Waals surface area contributed by atoms with Crippen molar-refractivity contribution in [3.63, 3.8) is 0 Å². The molecule has 1 atom stereocenters. The van der Waals surface area contributed by atoms with Crippen LogP contribution in [0.5, 0.6) is 5.75 Å². The number of carbonyl (C=O) groups is 1. The first-order valence-electron chi connectivity index (χ1n) is 5.72. The molecule has 1 unspecified atom stereocenters. The Morgan fingerprint density at radius 3 is 2.47 bits per heavy atom. The van der Waals surface area contributed by atoms with Crippen LogP contribution in [0, 0.1) is 0 Å². The molecule has 0 amide bonds. The highest BCUT2D eigenvalue weighted by Gasteiger charge is 2.64. The summed E-state index contributed by atoms with van der Waals surface area (Å²) in [6.07, 6.45) is -0.607.